The summed E-state index contributed by atoms with van der Waals surface area (Å²) in [5, 5.41) is 15.3. The molecule has 4 atom stereocenters. The number of aromatic nitrogens is 1. The van der Waals surface area contributed by atoms with Crippen LogP contribution in [0.1, 0.15) is 84.5 Å². The topological polar surface area (TPSA) is 160 Å². The summed E-state index contributed by atoms with van der Waals surface area (Å²) in [4.78, 5) is 68.0. The van der Waals surface area contributed by atoms with Crippen LogP contribution >= 0.6 is 11.8 Å². The molecule has 0 aliphatic carbocycles. The van der Waals surface area contributed by atoms with Gasteiger partial charge in [0.15, 0.2) is 0 Å². The highest BCUT2D eigenvalue weighted by atomic mass is 32.2. The Labute approximate surface area is 398 Å². The SMILES string of the molecule is CC(C)(C)OC(=O)NCCCCCC(=O)NC(CSCC(=O)N(C[C@@H]1CN(C(=O)OCC[Si](C)(C)C)C[C@@H]1F)C(c1cc(-c2cc(F)ccc2F)cn1Cc1ccccc1)C(C)(C)C)C(=O)O. The molecular formula is C49H70F3N5O8SSi. The third-order valence-corrected chi connectivity index (χ3v) is 13.8. The van der Waals surface area contributed by atoms with Gasteiger partial charge in [-0.2, -0.15) is 0 Å². The number of hydrogen-bond acceptors (Lipinski definition) is 8. The smallest absolute Gasteiger partial charge is 0.409 e. The van der Waals surface area contributed by atoms with E-state index in [4.69, 9.17) is 9.47 Å². The van der Waals surface area contributed by atoms with Gasteiger partial charge in [0.2, 0.25) is 11.8 Å². The van der Waals surface area contributed by atoms with Crippen molar-refractivity contribution < 1.29 is 51.7 Å². The molecule has 3 aromatic rings. The van der Waals surface area contributed by atoms with Crippen molar-refractivity contribution >= 4 is 49.8 Å². The molecule has 67 heavy (non-hydrogen) atoms. The summed E-state index contributed by atoms with van der Waals surface area (Å²) in [6, 6.07) is 13.0. The number of carboxylic acids is 1. The molecular weight excluding hydrogens is 904 g/mol. The highest BCUT2D eigenvalue weighted by Crippen LogP contribution is 2.42. The van der Waals surface area contributed by atoms with Gasteiger partial charge in [-0.25, -0.2) is 27.6 Å². The quantitative estimate of drug-likeness (QED) is 0.0659. The number of halogens is 3. The number of unbranched alkanes of at least 4 members (excludes halogenated alkanes) is 2. The maximum atomic E-state index is 16.2. The van der Waals surface area contributed by atoms with Gasteiger partial charge in [-0.1, -0.05) is 77.2 Å². The summed E-state index contributed by atoms with van der Waals surface area (Å²) in [7, 11) is -1.52. The summed E-state index contributed by atoms with van der Waals surface area (Å²) in [5.41, 5.74) is 0.475. The third kappa shape index (κ3) is 17.9. The van der Waals surface area contributed by atoms with Crippen molar-refractivity contribution in [1.29, 1.82) is 0 Å². The van der Waals surface area contributed by atoms with Crippen molar-refractivity contribution in [3.8, 4) is 11.1 Å². The van der Waals surface area contributed by atoms with Gasteiger partial charge in [0.1, 0.15) is 29.4 Å². The average Bonchev–Trinajstić information content (AvgIpc) is 3.80. The Kier molecular flexibility index (Phi) is 19.9. The molecule has 370 valence electrons. The molecule has 13 nitrogen and oxygen atoms in total. The fraction of sp³-hybridized carbons (Fsp3) is 0.571. The van der Waals surface area contributed by atoms with Gasteiger partial charge in [0.05, 0.1) is 24.9 Å². The maximum Gasteiger partial charge on any atom is 0.409 e. The number of carbonyl (C=O) groups excluding carboxylic acids is 4. The van der Waals surface area contributed by atoms with E-state index in [1.165, 1.54) is 4.90 Å². The fourth-order valence-electron chi connectivity index (χ4n) is 7.78. The maximum absolute atomic E-state index is 16.2. The number of alkyl carbamates (subject to hydrolysis) is 1. The summed E-state index contributed by atoms with van der Waals surface area (Å²) in [6.07, 6.45) is 0.739. The van der Waals surface area contributed by atoms with Gasteiger partial charge in [0.25, 0.3) is 0 Å². The zero-order chi connectivity index (χ0) is 49.7. The fourth-order valence-corrected chi connectivity index (χ4v) is 9.42. The van der Waals surface area contributed by atoms with Crippen LogP contribution in [-0.4, -0.2) is 120 Å². The number of carboxylic acid groups (broad SMARTS) is 1. The van der Waals surface area contributed by atoms with E-state index in [9.17, 15) is 33.5 Å². The number of likely N-dealkylation sites (tertiary alicyclic amines) is 1. The van der Waals surface area contributed by atoms with Crippen LogP contribution in [0.3, 0.4) is 0 Å². The van der Waals surface area contributed by atoms with Crippen LogP contribution in [-0.2, 0) is 30.4 Å². The number of nitrogens with zero attached hydrogens (tertiary/aromatic N) is 3. The van der Waals surface area contributed by atoms with Gasteiger partial charge < -0.3 is 39.6 Å². The van der Waals surface area contributed by atoms with Crippen molar-refractivity contribution in [3.05, 3.63) is 83.7 Å². The van der Waals surface area contributed by atoms with E-state index in [-0.39, 0.29) is 49.7 Å². The minimum atomic E-state index is -1.52. The molecule has 4 rings (SSSR count). The molecule has 1 aromatic heterocycles. The van der Waals surface area contributed by atoms with Crippen molar-refractivity contribution in [1.82, 2.24) is 25.0 Å². The number of benzene rings is 2. The lowest BCUT2D eigenvalue weighted by molar-refractivity contribution is -0.141. The lowest BCUT2D eigenvalue weighted by Crippen LogP contribution is -2.47. The number of nitrogens with one attached hydrogen (secondary N) is 2. The molecule has 3 N–H and O–H groups in total. The number of thioether (sulfide) groups is 1. The van der Waals surface area contributed by atoms with E-state index < -0.39 is 84.9 Å². The van der Waals surface area contributed by atoms with Crippen LogP contribution in [0.5, 0.6) is 0 Å². The minimum absolute atomic E-state index is 0.0150. The Morgan fingerprint density at radius 1 is 0.955 bits per heavy atom. The van der Waals surface area contributed by atoms with E-state index >= 15 is 8.78 Å². The van der Waals surface area contributed by atoms with Gasteiger partial charge in [-0.3, -0.25) is 9.59 Å². The third-order valence-electron chi connectivity index (χ3n) is 11.1. The van der Waals surface area contributed by atoms with Gasteiger partial charge >= 0.3 is 18.2 Å². The lowest BCUT2D eigenvalue weighted by Gasteiger charge is -2.42. The van der Waals surface area contributed by atoms with E-state index in [1.54, 1.807) is 37.9 Å². The second kappa shape index (κ2) is 24.4. The highest BCUT2D eigenvalue weighted by Gasteiger charge is 2.43. The number of rotatable bonds is 22. The van der Waals surface area contributed by atoms with Crippen LogP contribution in [0.25, 0.3) is 11.1 Å². The van der Waals surface area contributed by atoms with Gasteiger partial charge in [0, 0.05) is 75.4 Å². The first-order valence-electron chi connectivity index (χ1n) is 22.9. The Balaban J connectivity index is 1.59. The number of aliphatic carboxylic acids is 1. The Hall–Kier alpha value is -4.97. The molecule has 0 bridgehead atoms. The normalized spacial score (nSPS) is 16.3. The summed E-state index contributed by atoms with van der Waals surface area (Å²) in [5.74, 6) is -4.69. The molecule has 0 saturated carbocycles. The van der Waals surface area contributed by atoms with Crippen molar-refractivity contribution in [2.45, 2.75) is 123 Å². The molecule has 2 heterocycles. The Bertz CT molecular complexity index is 2140. The molecule has 1 saturated heterocycles. The van der Waals surface area contributed by atoms with Crippen LogP contribution in [0.15, 0.2) is 60.8 Å². The zero-order valence-electron chi connectivity index (χ0n) is 40.5. The molecule has 2 aromatic carbocycles. The number of carbonyl (C=O) groups is 5. The van der Waals surface area contributed by atoms with E-state index in [2.05, 4.69) is 30.3 Å². The zero-order valence-corrected chi connectivity index (χ0v) is 42.3. The molecule has 1 aliphatic rings. The highest BCUT2D eigenvalue weighted by molar-refractivity contribution is 8.00. The monoisotopic (exact) mass is 973 g/mol. The van der Waals surface area contributed by atoms with Crippen molar-refractivity contribution in [2.75, 3.05) is 44.3 Å². The lowest BCUT2D eigenvalue weighted by atomic mass is 9.82. The number of ether oxygens (including phenoxy) is 2. The molecule has 1 fully saturated rings. The van der Waals surface area contributed by atoms with Gasteiger partial charge in [-0.15, -0.1) is 11.8 Å². The molecule has 0 radical (unpaired) electrons. The summed E-state index contributed by atoms with van der Waals surface area (Å²) in [6.45, 7) is 18.0. The molecule has 18 heteroatoms. The van der Waals surface area contributed by atoms with E-state index in [0.717, 1.165) is 41.6 Å². The van der Waals surface area contributed by atoms with Crippen LogP contribution in [0, 0.1) is 23.0 Å². The molecule has 0 spiro atoms. The number of hydrogen-bond donors (Lipinski definition) is 3. The predicted octanol–water partition coefficient (Wildman–Crippen LogP) is 9.53. The van der Waals surface area contributed by atoms with Crippen LogP contribution in [0.4, 0.5) is 22.8 Å². The molecule has 2 unspecified atom stereocenters. The Morgan fingerprint density at radius 2 is 1.66 bits per heavy atom. The minimum Gasteiger partial charge on any atom is -0.480 e. The Morgan fingerprint density at radius 3 is 2.30 bits per heavy atom. The molecule has 1 aliphatic heterocycles. The largest absolute Gasteiger partial charge is 0.480 e. The van der Waals surface area contributed by atoms with Crippen LogP contribution < -0.4 is 10.6 Å². The first-order valence-corrected chi connectivity index (χ1v) is 27.8. The first kappa shape index (κ1) is 54.6. The van der Waals surface area contributed by atoms with Gasteiger partial charge in [-0.05, 0) is 74.9 Å². The van der Waals surface area contributed by atoms with Crippen molar-refractivity contribution in [3.63, 3.8) is 0 Å². The number of amides is 4. The van der Waals surface area contributed by atoms with E-state index in [0.29, 0.717) is 43.6 Å². The molecule has 4 amide bonds. The summed E-state index contributed by atoms with van der Waals surface area (Å²) >= 11 is 1.01. The van der Waals surface area contributed by atoms with E-state index in [1.807, 2.05) is 55.7 Å². The first-order chi connectivity index (χ1) is 31.3. The number of alkyl halides is 1. The average molecular weight is 974 g/mol. The van der Waals surface area contributed by atoms with Crippen LogP contribution in [0.2, 0.25) is 25.7 Å². The second-order valence-corrected chi connectivity index (χ2v) is 27.2. The standard InChI is InChI=1S/C49H70F3N5O8SSi/c1-48(2,3)44(41-24-34(37-25-36(50)19-20-38(37)51)27-55(41)26-33-16-12-10-13-17-33)57(29-35-28-56(30-39(35)52)47(63)64-22-23-67(7,8)9)43(59)32-66-31-40(45(60)61)54-42(58)18-14-11-15-21-53-46(62)65-49(4,5)6/h10,12-13,16-17,19-20,24-25,27,35,39-40,44H,11,14-15,18,21-23,26,28-32H2,1-9H3,(H,53,62)(H,54,58)(H,60,61)/t35-,39-,40?,44?/m0/s1. The second-order valence-electron chi connectivity index (χ2n) is 20.5. The predicted molar refractivity (Wildman–Crippen MR) is 258 cm³/mol. The summed E-state index contributed by atoms with van der Waals surface area (Å²) < 4.78 is 58.9. The van der Waals surface area contributed by atoms with Crippen molar-refractivity contribution in [2.24, 2.45) is 11.3 Å².